The second-order valence-electron chi connectivity index (χ2n) is 9.97. The summed E-state index contributed by atoms with van der Waals surface area (Å²) >= 11 is 0. The number of fused-ring (bicyclic) bond motifs is 3. The van der Waals surface area contributed by atoms with Crippen molar-refractivity contribution in [3.05, 3.63) is 41.1 Å². The van der Waals surface area contributed by atoms with Gasteiger partial charge in [-0.1, -0.05) is 0 Å². The fourth-order valence-corrected chi connectivity index (χ4v) is 5.47. The Hall–Kier alpha value is -3.74. The van der Waals surface area contributed by atoms with Gasteiger partial charge >= 0.3 is 0 Å². The summed E-state index contributed by atoms with van der Waals surface area (Å²) in [6, 6.07) is 7.44. The number of aliphatic imine (C=N–C) groups is 2. The number of hydrogen-bond donors (Lipinski definition) is 1. The molecule has 5 heterocycles. The number of primary amides is 1. The molecule has 12 nitrogen and oxygen atoms in total. The van der Waals surface area contributed by atoms with Crippen LogP contribution in [0.25, 0.3) is 0 Å². The van der Waals surface area contributed by atoms with E-state index in [9.17, 15) is 4.79 Å². The molecule has 0 radical (unpaired) electrons. The third-order valence-electron chi connectivity index (χ3n) is 7.53. The van der Waals surface area contributed by atoms with Crippen LogP contribution in [0.4, 0.5) is 11.5 Å². The number of benzene rings is 1. The highest BCUT2D eigenvalue weighted by Gasteiger charge is 2.35. The molecule has 212 valence electrons. The van der Waals surface area contributed by atoms with Crippen molar-refractivity contribution in [2.75, 3.05) is 90.9 Å². The molecule has 2 fully saturated rings. The van der Waals surface area contributed by atoms with Crippen LogP contribution >= 0.6 is 0 Å². The Balaban J connectivity index is 1.33. The van der Waals surface area contributed by atoms with Gasteiger partial charge in [0.05, 0.1) is 52.3 Å². The first-order valence-corrected chi connectivity index (χ1v) is 13.8. The molecule has 0 bridgehead atoms. The average Bonchev–Trinajstić information content (AvgIpc) is 3.49. The molecule has 4 aliphatic rings. The average molecular weight is 550 g/mol. The SMILES string of the molecule is COc1c(OCCCN2CCOCC2)ccc2c1N=C(c1nc(N3CCOCC3)ccc1C(N)=O)N1CCN=C21. The maximum Gasteiger partial charge on any atom is 0.251 e. The summed E-state index contributed by atoms with van der Waals surface area (Å²) in [5.41, 5.74) is 8.00. The monoisotopic (exact) mass is 549 g/mol. The van der Waals surface area contributed by atoms with Crippen molar-refractivity contribution in [3.63, 3.8) is 0 Å². The topological polar surface area (TPSA) is 127 Å². The lowest BCUT2D eigenvalue weighted by Crippen LogP contribution is -2.41. The Labute approximate surface area is 233 Å². The Kier molecular flexibility index (Phi) is 7.80. The summed E-state index contributed by atoms with van der Waals surface area (Å²) in [6.07, 6.45) is 0.884. The molecule has 2 aromatic rings. The fraction of sp³-hybridized carbons (Fsp3) is 0.500. The Morgan fingerprint density at radius 3 is 2.52 bits per heavy atom. The maximum atomic E-state index is 12.5. The summed E-state index contributed by atoms with van der Waals surface area (Å²) < 4.78 is 23.0. The van der Waals surface area contributed by atoms with Crippen LogP contribution in [-0.2, 0) is 9.47 Å². The molecule has 0 unspecified atom stereocenters. The molecular weight excluding hydrogens is 514 g/mol. The second-order valence-corrected chi connectivity index (χ2v) is 9.97. The minimum atomic E-state index is -0.563. The van der Waals surface area contributed by atoms with Crippen LogP contribution in [0, 0.1) is 0 Å². The van der Waals surface area contributed by atoms with E-state index >= 15 is 0 Å². The van der Waals surface area contributed by atoms with E-state index in [0.717, 1.165) is 56.5 Å². The number of methoxy groups -OCH3 is 1. The van der Waals surface area contributed by atoms with Gasteiger partial charge in [0, 0.05) is 44.8 Å². The molecule has 0 spiro atoms. The molecule has 1 aromatic carbocycles. The molecule has 2 N–H and O–H groups in total. The predicted molar refractivity (Wildman–Crippen MR) is 150 cm³/mol. The van der Waals surface area contributed by atoms with Crippen molar-refractivity contribution < 1.29 is 23.7 Å². The van der Waals surface area contributed by atoms with Crippen LogP contribution < -0.4 is 20.1 Å². The summed E-state index contributed by atoms with van der Waals surface area (Å²) in [6.45, 7) is 8.86. The highest BCUT2D eigenvalue weighted by Crippen LogP contribution is 2.44. The first-order valence-electron chi connectivity index (χ1n) is 13.8. The number of amides is 1. The number of amidine groups is 2. The minimum absolute atomic E-state index is 0.306. The van der Waals surface area contributed by atoms with Gasteiger partial charge in [0.25, 0.3) is 5.91 Å². The van der Waals surface area contributed by atoms with Crippen LogP contribution in [0.15, 0.2) is 34.3 Å². The molecular formula is C28H35N7O5. The zero-order valence-corrected chi connectivity index (χ0v) is 22.8. The highest BCUT2D eigenvalue weighted by molar-refractivity contribution is 6.22. The standard InChI is InChI=1S/C28H35N7O5/c1-37-25-21(40-14-2-8-33-10-15-38-16-11-33)5-3-20-23(25)32-28(35-9-7-30-27(20)35)24-19(26(29)36)4-6-22(31-24)34-12-17-39-18-13-34/h3-6H,2,7-18H2,1H3,(H2,29,36). The Bertz CT molecular complexity index is 1320. The number of nitrogens with two attached hydrogens (primary N) is 1. The van der Waals surface area contributed by atoms with Crippen LogP contribution in [0.2, 0.25) is 0 Å². The van der Waals surface area contributed by atoms with Gasteiger partial charge in [-0.15, -0.1) is 0 Å². The number of aromatic nitrogens is 1. The quantitative estimate of drug-likeness (QED) is 0.460. The molecule has 0 aliphatic carbocycles. The lowest BCUT2D eigenvalue weighted by molar-refractivity contribution is 0.0357. The van der Waals surface area contributed by atoms with Crippen LogP contribution in [0.1, 0.15) is 28.0 Å². The maximum absolute atomic E-state index is 12.5. The van der Waals surface area contributed by atoms with Crippen molar-refractivity contribution in [1.82, 2.24) is 14.8 Å². The molecule has 6 rings (SSSR count). The van der Waals surface area contributed by atoms with Gasteiger partial charge in [-0.3, -0.25) is 14.7 Å². The van der Waals surface area contributed by atoms with E-state index in [2.05, 4.69) is 9.80 Å². The van der Waals surface area contributed by atoms with Crippen molar-refractivity contribution in [3.8, 4) is 11.5 Å². The van der Waals surface area contributed by atoms with Crippen LogP contribution in [0.5, 0.6) is 11.5 Å². The number of rotatable bonds is 9. The van der Waals surface area contributed by atoms with E-state index in [4.69, 9.17) is 39.6 Å². The molecule has 4 aliphatic heterocycles. The van der Waals surface area contributed by atoms with Gasteiger partial charge < -0.3 is 34.5 Å². The summed E-state index contributed by atoms with van der Waals surface area (Å²) in [7, 11) is 1.61. The van der Waals surface area contributed by atoms with E-state index in [-0.39, 0.29) is 0 Å². The number of pyridine rings is 1. The minimum Gasteiger partial charge on any atom is -0.491 e. The summed E-state index contributed by atoms with van der Waals surface area (Å²) in [5, 5.41) is 0. The van der Waals surface area contributed by atoms with Gasteiger partial charge in [-0.05, 0) is 30.7 Å². The first kappa shape index (κ1) is 26.5. The lowest BCUT2D eigenvalue weighted by atomic mass is 10.0. The number of morpholine rings is 2. The van der Waals surface area contributed by atoms with Crippen molar-refractivity contribution in [2.45, 2.75) is 6.42 Å². The van der Waals surface area contributed by atoms with Crippen molar-refractivity contribution in [1.29, 1.82) is 0 Å². The van der Waals surface area contributed by atoms with Crippen LogP contribution in [0.3, 0.4) is 0 Å². The van der Waals surface area contributed by atoms with E-state index in [0.29, 0.717) is 80.3 Å². The van der Waals surface area contributed by atoms with Crippen molar-refractivity contribution >= 4 is 29.1 Å². The van der Waals surface area contributed by atoms with Crippen molar-refractivity contribution in [2.24, 2.45) is 15.7 Å². The molecule has 0 atom stereocenters. The number of carbonyl (C=O) groups is 1. The normalized spacial score (nSPS) is 19.0. The third-order valence-corrected chi connectivity index (χ3v) is 7.53. The third kappa shape index (κ3) is 5.21. The lowest BCUT2D eigenvalue weighted by Gasteiger charge is -2.31. The molecule has 0 saturated carbocycles. The van der Waals surface area contributed by atoms with Crippen LogP contribution in [-0.4, -0.2) is 118 Å². The molecule has 2 saturated heterocycles. The van der Waals surface area contributed by atoms with E-state index in [1.54, 1.807) is 13.2 Å². The van der Waals surface area contributed by atoms with E-state index in [1.165, 1.54) is 0 Å². The van der Waals surface area contributed by atoms with Gasteiger partial charge in [0.2, 0.25) is 0 Å². The van der Waals surface area contributed by atoms with Gasteiger partial charge in [0.1, 0.15) is 23.0 Å². The molecule has 1 aromatic heterocycles. The Morgan fingerprint density at radius 2 is 1.77 bits per heavy atom. The molecule has 40 heavy (non-hydrogen) atoms. The van der Waals surface area contributed by atoms with Gasteiger partial charge in [-0.25, -0.2) is 9.98 Å². The number of ether oxygens (including phenoxy) is 4. The predicted octanol–water partition coefficient (Wildman–Crippen LogP) is 1.28. The van der Waals surface area contributed by atoms with E-state index in [1.807, 2.05) is 23.1 Å². The second kappa shape index (κ2) is 11.8. The largest absolute Gasteiger partial charge is 0.491 e. The number of nitrogens with zero attached hydrogens (tertiary/aromatic N) is 6. The number of carbonyl (C=O) groups excluding carboxylic acids is 1. The molecule has 1 amide bonds. The summed E-state index contributed by atoms with van der Waals surface area (Å²) in [4.78, 5) is 33.8. The molecule has 12 heteroatoms. The highest BCUT2D eigenvalue weighted by atomic mass is 16.5. The zero-order chi connectivity index (χ0) is 27.5. The van der Waals surface area contributed by atoms with E-state index < -0.39 is 5.91 Å². The first-order chi connectivity index (χ1) is 19.6. The smallest absolute Gasteiger partial charge is 0.251 e. The zero-order valence-electron chi connectivity index (χ0n) is 22.8. The number of anilines is 1. The fourth-order valence-electron chi connectivity index (χ4n) is 5.47. The van der Waals surface area contributed by atoms with Gasteiger partial charge in [-0.2, -0.15) is 0 Å². The Morgan fingerprint density at radius 1 is 1.00 bits per heavy atom. The number of hydrogen-bond acceptors (Lipinski definition) is 11. The van der Waals surface area contributed by atoms with Gasteiger partial charge in [0.15, 0.2) is 17.3 Å². The summed E-state index contributed by atoms with van der Waals surface area (Å²) in [5.74, 6) is 2.62.